The first-order valence-electron chi connectivity index (χ1n) is 8.30. The summed E-state index contributed by atoms with van der Waals surface area (Å²) in [6.07, 6.45) is 1.89. The Labute approximate surface area is 138 Å². The normalized spacial score (nSPS) is 23.7. The zero-order valence-corrected chi connectivity index (χ0v) is 17.6. The molecule has 1 heterocycles. The molecule has 3 nitrogen and oxygen atoms in total. The van der Waals surface area contributed by atoms with Crippen molar-refractivity contribution in [3.63, 3.8) is 0 Å². The smallest absolute Gasteiger partial charge is 0.192 e. The summed E-state index contributed by atoms with van der Waals surface area (Å²) in [5, 5.41) is 9.35. The molecule has 0 unspecified atom stereocenters. The van der Waals surface area contributed by atoms with Crippen LogP contribution in [0.4, 0.5) is 0 Å². The number of ether oxygens (including phenoxy) is 1. The summed E-state index contributed by atoms with van der Waals surface area (Å²) in [5.41, 5.74) is 3.43. The number of epoxide rings is 1. The second-order valence-corrected chi connectivity index (χ2v) is 18.4. The summed E-state index contributed by atoms with van der Waals surface area (Å²) in [4.78, 5) is 0. The van der Waals surface area contributed by atoms with Crippen molar-refractivity contribution < 1.29 is 14.3 Å². The van der Waals surface area contributed by atoms with Crippen molar-refractivity contribution in [1.82, 2.24) is 0 Å². The Bertz CT molecular complexity index is 424. The van der Waals surface area contributed by atoms with Crippen LogP contribution in [0.5, 0.6) is 0 Å². The summed E-state index contributed by atoms with van der Waals surface area (Å²) in [6.45, 7) is 18.2. The highest BCUT2D eigenvalue weighted by atomic mass is 28.4. The van der Waals surface area contributed by atoms with Crippen molar-refractivity contribution >= 4 is 16.4 Å². The van der Waals surface area contributed by atoms with Crippen molar-refractivity contribution in [2.24, 2.45) is 0 Å². The molecule has 0 aliphatic carbocycles. The molecule has 1 fully saturated rings. The van der Waals surface area contributed by atoms with Gasteiger partial charge in [-0.15, -0.1) is 11.5 Å². The molecule has 22 heavy (non-hydrogen) atoms. The van der Waals surface area contributed by atoms with Crippen LogP contribution in [0, 0.1) is 11.5 Å². The SMILES string of the molecule is CC(C)(C)[Si](C)(C)O[C@H](CC#C[Si](C)(C)C)C[C@@H]1O[C@H]1CO. The largest absolute Gasteiger partial charge is 0.413 e. The molecule has 0 radical (unpaired) electrons. The minimum Gasteiger partial charge on any atom is -0.413 e. The first kappa shape index (κ1) is 19.9. The molecule has 0 bridgehead atoms. The third-order valence-corrected chi connectivity index (χ3v) is 9.89. The van der Waals surface area contributed by atoms with Crippen LogP contribution in [0.25, 0.3) is 0 Å². The average Bonchev–Trinajstić information content (AvgIpc) is 3.03. The topological polar surface area (TPSA) is 42.0 Å². The van der Waals surface area contributed by atoms with Gasteiger partial charge in [0.1, 0.15) is 14.2 Å². The van der Waals surface area contributed by atoms with Gasteiger partial charge in [0.05, 0.1) is 18.8 Å². The number of hydrogen-bond acceptors (Lipinski definition) is 3. The molecule has 128 valence electrons. The highest BCUT2D eigenvalue weighted by molar-refractivity contribution is 6.83. The second-order valence-electron chi connectivity index (χ2n) is 8.89. The number of aliphatic hydroxyl groups is 1. The molecule has 3 atom stereocenters. The van der Waals surface area contributed by atoms with Gasteiger partial charge in [-0.2, -0.15) is 0 Å². The van der Waals surface area contributed by atoms with E-state index in [-0.39, 0.29) is 30.0 Å². The van der Waals surface area contributed by atoms with Crippen LogP contribution in [0.3, 0.4) is 0 Å². The van der Waals surface area contributed by atoms with E-state index in [1.165, 1.54) is 0 Å². The first-order chi connectivity index (χ1) is 9.86. The molecule has 0 aromatic rings. The van der Waals surface area contributed by atoms with Crippen molar-refractivity contribution in [2.75, 3.05) is 6.61 Å². The Hall–Kier alpha value is -0.126. The molecule has 1 saturated heterocycles. The van der Waals surface area contributed by atoms with E-state index in [9.17, 15) is 0 Å². The monoisotopic (exact) mass is 342 g/mol. The van der Waals surface area contributed by atoms with E-state index in [1.807, 2.05) is 0 Å². The van der Waals surface area contributed by atoms with Gasteiger partial charge in [0.25, 0.3) is 0 Å². The van der Waals surface area contributed by atoms with Gasteiger partial charge in [-0.05, 0) is 18.1 Å². The van der Waals surface area contributed by atoms with E-state index in [1.54, 1.807) is 0 Å². The van der Waals surface area contributed by atoms with Crippen LogP contribution in [0.1, 0.15) is 33.6 Å². The summed E-state index contributed by atoms with van der Waals surface area (Å²) < 4.78 is 12.0. The predicted molar refractivity (Wildman–Crippen MR) is 98.2 cm³/mol. The second kappa shape index (κ2) is 7.19. The minimum atomic E-state index is -1.81. The fourth-order valence-electron chi connectivity index (χ4n) is 2.00. The third-order valence-electron chi connectivity index (χ3n) is 4.42. The van der Waals surface area contributed by atoms with Crippen LogP contribution < -0.4 is 0 Å². The molecule has 1 N–H and O–H groups in total. The summed E-state index contributed by atoms with van der Waals surface area (Å²) >= 11 is 0. The molecule has 1 rings (SSSR count). The fraction of sp³-hybridized carbons (Fsp3) is 0.882. The van der Waals surface area contributed by atoms with Crippen molar-refractivity contribution in [3.8, 4) is 11.5 Å². The van der Waals surface area contributed by atoms with E-state index in [0.717, 1.165) is 12.8 Å². The number of aliphatic hydroxyl groups excluding tert-OH is 1. The highest BCUT2D eigenvalue weighted by Gasteiger charge is 2.43. The lowest BCUT2D eigenvalue weighted by molar-refractivity contribution is 0.163. The molecule has 0 aromatic heterocycles. The van der Waals surface area contributed by atoms with Crippen molar-refractivity contribution in [2.45, 2.75) is 89.7 Å². The van der Waals surface area contributed by atoms with Crippen LogP contribution in [0.15, 0.2) is 0 Å². The zero-order chi connectivity index (χ0) is 17.2. The Balaban J connectivity index is 2.71. The highest BCUT2D eigenvalue weighted by Crippen LogP contribution is 2.39. The zero-order valence-electron chi connectivity index (χ0n) is 15.6. The van der Waals surface area contributed by atoms with Gasteiger partial charge in [-0.1, -0.05) is 40.4 Å². The van der Waals surface area contributed by atoms with Crippen molar-refractivity contribution in [3.05, 3.63) is 0 Å². The number of hydrogen-bond donors (Lipinski definition) is 1. The average molecular weight is 343 g/mol. The molecular formula is C17H34O3Si2. The van der Waals surface area contributed by atoms with Gasteiger partial charge in [-0.3, -0.25) is 0 Å². The molecule has 1 aliphatic heterocycles. The van der Waals surface area contributed by atoms with Gasteiger partial charge in [-0.25, -0.2) is 0 Å². The first-order valence-corrected chi connectivity index (χ1v) is 14.7. The van der Waals surface area contributed by atoms with Crippen LogP contribution >= 0.6 is 0 Å². The van der Waals surface area contributed by atoms with E-state index in [4.69, 9.17) is 14.3 Å². The quantitative estimate of drug-likeness (QED) is 0.453. The molecule has 1 aliphatic rings. The number of rotatable bonds is 6. The lowest BCUT2D eigenvalue weighted by Gasteiger charge is -2.39. The van der Waals surface area contributed by atoms with Gasteiger partial charge in [0.2, 0.25) is 0 Å². The molecule has 0 spiro atoms. The fourth-order valence-corrected chi connectivity index (χ4v) is 4.00. The maximum absolute atomic E-state index is 9.15. The van der Waals surface area contributed by atoms with Crippen LogP contribution in [-0.2, 0) is 9.16 Å². The maximum atomic E-state index is 9.15. The van der Waals surface area contributed by atoms with Crippen molar-refractivity contribution in [1.29, 1.82) is 0 Å². The van der Waals surface area contributed by atoms with Gasteiger partial charge in [0, 0.05) is 12.8 Å². The lowest BCUT2D eigenvalue weighted by Crippen LogP contribution is -2.44. The van der Waals surface area contributed by atoms with E-state index in [2.05, 4.69) is 65.0 Å². The Morgan fingerprint density at radius 2 is 1.73 bits per heavy atom. The minimum absolute atomic E-state index is 0.00969. The Morgan fingerprint density at radius 1 is 1.14 bits per heavy atom. The Kier molecular flexibility index (Phi) is 6.51. The molecular weight excluding hydrogens is 308 g/mol. The van der Waals surface area contributed by atoms with Gasteiger partial charge < -0.3 is 14.3 Å². The molecule has 0 amide bonds. The summed E-state index contributed by atoms with van der Waals surface area (Å²) in [5.74, 6) is 3.36. The summed E-state index contributed by atoms with van der Waals surface area (Å²) in [6, 6.07) is 0. The van der Waals surface area contributed by atoms with E-state index >= 15 is 0 Å². The standard InChI is InChI=1S/C17H34O3Si2/c1-17(2,3)22(7,8)20-14(10-9-11-21(4,5)6)12-15-16(13-18)19-15/h14-16,18H,10,12-13H2,1-8H3/t14-,15+,16+/m1/s1. The maximum Gasteiger partial charge on any atom is 0.192 e. The lowest BCUT2D eigenvalue weighted by atomic mass is 10.1. The van der Waals surface area contributed by atoms with E-state index in [0.29, 0.717) is 0 Å². The molecule has 0 aromatic carbocycles. The predicted octanol–water partition coefficient (Wildman–Crippen LogP) is 3.80. The molecule has 5 heteroatoms. The molecule has 0 saturated carbocycles. The third kappa shape index (κ3) is 6.55. The van der Waals surface area contributed by atoms with E-state index < -0.39 is 16.4 Å². The van der Waals surface area contributed by atoms with Crippen LogP contribution in [-0.4, -0.2) is 46.4 Å². The van der Waals surface area contributed by atoms with Crippen LogP contribution in [0.2, 0.25) is 37.8 Å². The summed E-state index contributed by atoms with van der Waals surface area (Å²) in [7, 11) is -3.15. The Morgan fingerprint density at radius 3 is 2.14 bits per heavy atom. The van der Waals surface area contributed by atoms with Gasteiger partial charge >= 0.3 is 0 Å². The van der Waals surface area contributed by atoms with Gasteiger partial charge in [0.15, 0.2) is 8.32 Å².